The predicted molar refractivity (Wildman–Crippen MR) is 67.0 cm³/mol. The van der Waals surface area contributed by atoms with Gasteiger partial charge in [0.1, 0.15) is 6.54 Å². The SMILES string of the molecule is CNC(=O)Cn1cc(NC(=O)CNC(=O)CN)cn1. The lowest BCUT2D eigenvalue weighted by Gasteiger charge is -2.03. The standard InChI is InChI=1S/C10H16N6O3/c1-12-10(19)6-16-5-7(3-14-16)15-9(18)4-13-8(17)2-11/h3,5H,2,4,6,11H2,1H3,(H,12,19)(H,13,17)(H,15,18). The Labute approximate surface area is 109 Å². The molecule has 0 bridgehead atoms. The lowest BCUT2D eigenvalue weighted by atomic mass is 10.5. The number of nitrogens with one attached hydrogen (secondary N) is 3. The van der Waals surface area contributed by atoms with Gasteiger partial charge in [0, 0.05) is 13.2 Å². The number of carbonyl (C=O) groups excluding carboxylic acids is 3. The van der Waals surface area contributed by atoms with Crippen LogP contribution in [-0.4, -0.2) is 47.6 Å². The molecular formula is C10H16N6O3. The molecule has 0 fully saturated rings. The molecule has 0 aromatic carbocycles. The number of carbonyl (C=O) groups is 3. The van der Waals surface area contributed by atoms with Crippen molar-refractivity contribution in [2.24, 2.45) is 5.73 Å². The second kappa shape index (κ2) is 7.11. The minimum atomic E-state index is -0.412. The summed E-state index contributed by atoms with van der Waals surface area (Å²) < 4.78 is 1.38. The van der Waals surface area contributed by atoms with Crippen LogP contribution in [0.25, 0.3) is 0 Å². The Hall–Kier alpha value is -2.42. The Kier molecular flexibility index (Phi) is 5.48. The molecule has 0 atom stereocenters. The van der Waals surface area contributed by atoms with E-state index in [4.69, 9.17) is 5.73 Å². The fraction of sp³-hybridized carbons (Fsp3) is 0.400. The molecule has 5 N–H and O–H groups in total. The molecule has 0 unspecified atom stereocenters. The van der Waals surface area contributed by atoms with Crippen molar-refractivity contribution >= 4 is 23.4 Å². The Morgan fingerprint density at radius 1 is 1.32 bits per heavy atom. The van der Waals surface area contributed by atoms with Gasteiger partial charge in [-0.05, 0) is 0 Å². The third-order valence-corrected chi connectivity index (χ3v) is 2.13. The van der Waals surface area contributed by atoms with E-state index in [0.717, 1.165) is 0 Å². The average Bonchev–Trinajstić information content (AvgIpc) is 2.82. The molecule has 19 heavy (non-hydrogen) atoms. The molecule has 104 valence electrons. The second-order valence-corrected chi connectivity index (χ2v) is 3.63. The van der Waals surface area contributed by atoms with Crippen LogP contribution in [0.1, 0.15) is 0 Å². The largest absolute Gasteiger partial charge is 0.358 e. The molecule has 0 aliphatic carbocycles. The highest BCUT2D eigenvalue weighted by Gasteiger charge is 2.07. The van der Waals surface area contributed by atoms with Crippen LogP contribution in [0.4, 0.5) is 5.69 Å². The number of rotatable bonds is 6. The van der Waals surface area contributed by atoms with Gasteiger partial charge in [-0.15, -0.1) is 0 Å². The van der Waals surface area contributed by atoms with E-state index in [1.54, 1.807) is 0 Å². The molecule has 1 heterocycles. The summed E-state index contributed by atoms with van der Waals surface area (Å²) in [7, 11) is 1.52. The van der Waals surface area contributed by atoms with Gasteiger partial charge in [-0.1, -0.05) is 0 Å². The number of hydrogen-bond donors (Lipinski definition) is 4. The van der Waals surface area contributed by atoms with Gasteiger partial charge in [0.2, 0.25) is 17.7 Å². The van der Waals surface area contributed by atoms with Gasteiger partial charge in [-0.2, -0.15) is 5.10 Å². The maximum atomic E-state index is 11.4. The van der Waals surface area contributed by atoms with Crippen LogP contribution in [0.5, 0.6) is 0 Å². The molecule has 1 aromatic heterocycles. The van der Waals surface area contributed by atoms with E-state index in [0.29, 0.717) is 5.69 Å². The highest BCUT2D eigenvalue weighted by molar-refractivity contribution is 5.94. The molecule has 0 radical (unpaired) electrons. The summed E-state index contributed by atoms with van der Waals surface area (Å²) >= 11 is 0. The average molecular weight is 268 g/mol. The Morgan fingerprint density at radius 2 is 2.05 bits per heavy atom. The normalized spacial score (nSPS) is 9.79. The summed E-state index contributed by atoms with van der Waals surface area (Å²) in [6.07, 6.45) is 2.92. The molecule has 1 aromatic rings. The zero-order valence-electron chi connectivity index (χ0n) is 10.5. The topological polar surface area (TPSA) is 131 Å². The molecular weight excluding hydrogens is 252 g/mol. The van der Waals surface area contributed by atoms with Crippen LogP contribution >= 0.6 is 0 Å². The lowest BCUT2D eigenvalue weighted by molar-refractivity contribution is -0.123. The van der Waals surface area contributed by atoms with Crippen molar-refractivity contribution in [3.05, 3.63) is 12.4 Å². The van der Waals surface area contributed by atoms with Crippen molar-refractivity contribution in [2.75, 3.05) is 25.5 Å². The van der Waals surface area contributed by atoms with Crippen LogP contribution in [0.2, 0.25) is 0 Å². The van der Waals surface area contributed by atoms with E-state index in [-0.39, 0.29) is 25.5 Å². The molecule has 9 heteroatoms. The predicted octanol–water partition coefficient (Wildman–Crippen LogP) is -2.36. The van der Waals surface area contributed by atoms with Gasteiger partial charge < -0.3 is 21.7 Å². The first-order chi connectivity index (χ1) is 9.05. The minimum absolute atomic E-state index is 0.0658. The number of hydrogen-bond acceptors (Lipinski definition) is 5. The monoisotopic (exact) mass is 268 g/mol. The van der Waals surface area contributed by atoms with Crippen LogP contribution in [0, 0.1) is 0 Å². The molecule has 0 saturated heterocycles. The third kappa shape index (κ3) is 5.17. The number of aromatic nitrogens is 2. The van der Waals surface area contributed by atoms with Crippen molar-refractivity contribution in [2.45, 2.75) is 6.54 Å². The molecule has 0 aliphatic heterocycles. The van der Waals surface area contributed by atoms with Crippen molar-refractivity contribution in [3.63, 3.8) is 0 Å². The van der Waals surface area contributed by atoms with E-state index in [9.17, 15) is 14.4 Å². The number of amides is 3. The van der Waals surface area contributed by atoms with Crippen LogP contribution < -0.4 is 21.7 Å². The van der Waals surface area contributed by atoms with E-state index in [1.165, 1.54) is 24.1 Å². The molecule has 9 nitrogen and oxygen atoms in total. The van der Waals surface area contributed by atoms with Gasteiger partial charge in [0.25, 0.3) is 0 Å². The van der Waals surface area contributed by atoms with Crippen molar-refractivity contribution in [1.29, 1.82) is 0 Å². The third-order valence-electron chi connectivity index (χ3n) is 2.13. The van der Waals surface area contributed by atoms with E-state index in [2.05, 4.69) is 21.0 Å². The van der Waals surface area contributed by atoms with Gasteiger partial charge in [0.15, 0.2) is 0 Å². The van der Waals surface area contributed by atoms with Crippen LogP contribution in [0.3, 0.4) is 0 Å². The number of anilines is 1. The summed E-state index contributed by atoms with van der Waals surface area (Å²) in [6, 6.07) is 0. The molecule has 0 aliphatic rings. The smallest absolute Gasteiger partial charge is 0.243 e. The minimum Gasteiger partial charge on any atom is -0.358 e. The van der Waals surface area contributed by atoms with Gasteiger partial charge in [0.05, 0.1) is 25.0 Å². The lowest BCUT2D eigenvalue weighted by Crippen LogP contribution is -2.36. The summed E-state index contributed by atoms with van der Waals surface area (Å²) in [4.78, 5) is 33.4. The summed E-state index contributed by atoms with van der Waals surface area (Å²) in [5.41, 5.74) is 5.52. The fourth-order valence-electron chi connectivity index (χ4n) is 1.20. The first kappa shape index (κ1) is 14.6. The molecule has 0 spiro atoms. The maximum absolute atomic E-state index is 11.4. The van der Waals surface area contributed by atoms with Crippen molar-refractivity contribution < 1.29 is 14.4 Å². The highest BCUT2D eigenvalue weighted by atomic mass is 16.2. The Morgan fingerprint density at radius 3 is 2.68 bits per heavy atom. The van der Waals surface area contributed by atoms with Crippen molar-refractivity contribution in [1.82, 2.24) is 20.4 Å². The fourth-order valence-corrected chi connectivity index (χ4v) is 1.20. The highest BCUT2D eigenvalue weighted by Crippen LogP contribution is 2.03. The van der Waals surface area contributed by atoms with Crippen LogP contribution in [-0.2, 0) is 20.9 Å². The zero-order chi connectivity index (χ0) is 14.3. The molecule has 1 rings (SSSR count). The molecule has 0 saturated carbocycles. The zero-order valence-corrected chi connectivity index (χ0v) is 10.5. The molecule has 3 amide bonds. The number of nitrogens with two attached hydrogens (primary N) is 1. The first-order valence-electron chi connectivity index (χ1n) is 5.54. The van der Waals surface area contributed by atoms with E-state index >= 15 is 0 Å². The van der Waals surface area contributed by atoms with Crippen molar-refractivity contribution in [3.8, 4) is 0 Å². The number of likely N-dealkylation sites (N-methyl/N-ethyl adjacent to an activating group) is 1. The Balaban J connectivity index is 2.42. The van der Waals surface area contributed by atoms with Gasteiger partial charge in [-0.25, -0.2) is 0 Å². The summed E-state index contributed by atoms with van der Waals surface area (Å²) in [5.74, 6) is -1.01. The van der Waals surface area contributed by atoms with E-state index in [1.807, 2.05) is 0 Å². The maximum Gasteiger partial charge on any atom is 0.243 e. The van der Waals surface area contributed by atoms with Gasteiger partial charge in [-0.3, -0.25) is 19.1 Å². The van der Waals surface area contributed by atoms with Gasteiger partial charge >= 0.3 is 0 Å². The number of nitrogens with zero attached hydrogens (tertiary/aromatic N) is 2. The summed E-state index contributed by atoms with van der Waals surface area (Å²) in [5, 5.41) is 11.2. The Bertz CT molecular complexity index is 470. The summed E-state index contributed by atoms with van der Waals surface area (Å²) in [6.45, 7) is -0.274. The first-order valence-corrected chi connectivity index (χ1v) is 5.54. The van der Waals surface area contributed by atoms with Crippen LogP contribution in [0.15, 0.2) is 12.4 Å². The second-order valence-electron chi connectivity index (χ2n) is 3.63. The van der Waals surface area contributed by atoms with E-state index < -0.39 is 11.8 Å². The quantitative estimate of drug-likeness (QED) is 0.458.